The fraction of sp³-hybridized carbons (Fsp3) is 0.172. The van der Waals surface area contributed by atoms with Gasteiger partial charge in [0.2, 0.25) is 17.7 Å². The largest absolute Gasteiger partial charge is 0.361 e. The molecule has 0 radical (unpaired) electrons. The molecule has 0 aliphatic carbocycles. The van der Waals surface area contributed by atoms with Crippen molar-refractivity contribution in [2.24, 2.45) is 5.73 Å². The molecule has 0 bridgehead atoms. The molecule has 9 heteroatoms. The minimum absolute atomic E-state index is 0.189. The van der Waals surface area contributed by atoms with Gasteiger partial charge in [-0.15, -0.1) is 0 Å². The molecule has 2 amide bonds. The summed E-state index contributed by atoms with van der Waals surface area (Å²) < 4.78 is 5.61. The summed E-state index contributed by atoms with van der Waals surface area (Å²) in [4.78, 5) is 32.0. The monoisotopic (exact) mass is 508 g/mol. The lowest BCUT2D eigenvalue weighted by Gasteiger charge is -2.15. The highest BCUT2D eigenvalue weighted by Gasteiger charge is 2.23. The fourth-order valence-electron chi connectivity index (χ4n) is 4.33. The second-order valence-electron chi connectivity index (χ2n) is 8.95. The third-order valence-corrected chi connectivity index (χ3v) is 6.27. The van der Waals surface area contributed by atoms with Crippen molar-refractivity contribution in [2.45, 2.75) is 18.9 Å². The number of aromatic nitrogens is 3. The van der Waals surface area contributed by atoms with Crippen LogP contribution in [-0.4, -0.2) is 40.0 Å². The maximum atomic E-state index is 12.6. The summed E-state index contributed by atoms with van der Waals surface area (Å²) in [6.45, 7) is -0.388. The maximum absolute atomic E-state index is 12.6. The predicted octanol–water partition coefficient (Wildman–Crippen LogP) is 3.28. The summed E-state index contributed by atoms with van der Waals surface area (Å²) in [5.74, 6) is 0.0198. The van der Waals surface area contributed by atoms with Crippen molar-refractivity contribution in [3.8, 4) is 11.1 Å². The number of fused-ring (bicyclic) bond motifs is 1. The topological polar surface area (TPSA) is 139 Å². The van der Waals surface area contributed by atoms with Crippen molar-refractivity contribution in [3.63, 3.8) is 0 Å². The molecule has 5 rings (SSSR count). The normalized spacial score (nSPS) is 11.8. The van der Waals surface area contributed by atoms with E-state index in [1.807, 2.05) is 60.8 Å². The Morgan fingerprint density at radius 1 is 0.921 bits per heavy atom. The first kappa shape index (κ1) is 24.9. The Morgan fingerprint density at radius 2 is 1.66 bits per heavy atom. The molecule has 1 unspecified atom stereocenters. The van der Waals surface area contributed by atoms with Gasteiger partial charge in [-0.25, -0.2) is 0 Å². The van der Waals surface area contributed by atoms with Crippen molar-refractivity contribution < 1.29 is 14.1 Å². The molecule has 5 aromatic rings. The SMILES string of the molecule is NCC(=O)NCC(=O)NC(Cc1c[nH]c2ccccc12)c1nc(Cc2ccc(-c3ccccc3)cc2)no1. The molecule has 5 N–H and O–H groups in total. The van der Waals surface area contributed by atoms with Gasteiger partial charge in [-0.2, -0.15) is 4.98 Å². The summed E-state index contributed by atoms with van der Waals surface area (Å²) in [7, 11) is 0. The van der Waals surface area contributed by atoms with Crippen molar-refractivity contribution in [3.05, 3.63) is 108 Å². The Balaban J connectivity index is 1.33. The van der Waals surface area contributed by atoms with Crippen LogP contribution in [0.4, 0.5) is 0 Å². The van der Waals surface area contributed by atoms with E-state index in [1.165, 1.54) is 0 Å². The van der Waals surface area contributed by atoms with E-state index in [2.05, 4.69) is 50.0 Å². The van der Waals surface area contributed by atoms with Crippen molar-refractivity contribution in [1.82, 2.24) is 25.8 Å². The first-order valence-electron chi connectivity index (χ1n) is 12.4. The summed E-state index contributed by atoms with van der Waals surface area (Å²) in [5.41, 5.74) is 10.6. The van der Waals surface area contributed by atoms with Crippen molar-refractivity contribution >= 4 is 22.7 Å². The summed E-state index contributed by atoms with van der Waals surface area (Å²) in [6, 6.07) is 25.7. The van der Waals surface area contributed by atoms with E-state index >= 15 is 0 Å². The van der Waals surface area contributed by atoms with Crippen LogP contribution < -0.4 is 16.4 Å². The number of nitrogens with two attached hydrogens (primary N) is 1. The predicted molar refractivity (Wildman–Crippen MR) is 144 cm³/mol. The quantitative estimate of drug-likeness (QED) is 0.228. The molecule has 0 aliphatic heterocycles. The Hall–Kier alpha value is -4.76. The zero-order valence-electron chi connectivity index (χ0n) is 20.7. The van der Waals surface area contributed by atoms with Gasteiger partial charge in [-0.1, -0.05) is 78.0 Å². The molecular formula is C29H28N6O3. The number of nitrogens with zero attached hydrogens (tertiary/aromatic N) is 2. The smallest absolute Gasteiger partial charge is 0.249 e. The van der Waals surface area contributed by atoms with Crippen LogP contribution >= 0.6 is 0 Å². The standard InChI is InChI=1S/C29H28N6O3/c30-16-27(36)32-18-28(37)33-25(15-22-17-31-24-9-5-4-8-23(22)24)29-34-26(35-38-29)14-19-10-12-21(13-11-19)20-6-2-1-3-7-20/h1-13,17,25,31H,14-16,18,30H2,(H,32,36)(H,33,37). The summed E-state index contributed by atoms with van der Waals surface area (Å²) in [6.07, 6.45) is 2.82. The third-order valence-electron chi connectivity index (χ3n) is 6.27. The number of benzene rings is 3. The number of carbonyl (C=O) groups is 2. The zero-order valence-corrected chi connectivity index (χ0v) is 20.7. The number of amides is 2. The van der Waals surface area contributed by atoms with Gasteiger partial charge in [0.1, 0.15) is 6.04 Å². The molecule has 192 valence electrons. The lowest BCUT2D eigenvalue weighted by Crippen LogP contribution is -2.41. The zero-order chi connectivity index (χ0) is 26.3. The number of hydrogen-bond acceptors (Lipinski definition) is 6. The molecule has 2 heterocycles. The number of nitrogens with one attached hydrogen (secondary N) is 3. The number of aromatic amines is 1. The Kier molecular flexibility index (Phi) is 7.56. The number of para-hydroxylation sites is 1. The molecule has 0 fully saturated rings. The first-order valence-corrected chi connectivity index (χ1v) is 12.4. The Morgan fingerprint density at radius 3 is 2.45 bits per heavy atom. The molecule has 0 saturated heterocycles. The van der Waals surface area contributed by atoms with Gasteiger partial charge in [0.25, 0.3) is 0 Å². The van der Waals surface area contributed by atoms with Crippen LogP contribution in [0.25, 0.3) is 22.0 Å². The molecule has 0 saturated carbocycles. The molecule has 1 atom stereocenters. The molecule has 3 aromatic carbocycles. The summed E-state index contributed by atoms with van der Waals surface area (Å²) >= 11 is 0. The highest BCUT2D eigenvalue weighted by atomic mass is 16.5. The van der Waals surface area contributed by atoms with Crippen molar-refractivity contribution in [2.75, 3.05) is 13.1 Å². The van der Waals surface area contributed by atoms with Gasteiger partial charge in [-0.3, -0.25) is 9.59 Å². The highest BCUT2D eigenvalue weighted by Crippen LogP contribution is 2.25. The highest BCUT2D eigenvalue weighted by molar-refractivity contribution is 5.86. The fourth-order valence-corrected chi connectivity index (χ4v) is 4.33. The van der Waals surface area contributed by atoms with E-state index in [0.717, 1.165) is 33.2 Å². The van der Waals surface area contributed by atoms with Crippen LogP contribution in [0.5, 0.6) is 0 Å². The number of hydrogen-bond donors (Lipinski definition) is 4. The molecule has 0 aliphatic rings. The van der Waals surface area contributed by atoms with Gasteiger partial charge in [0.15, 0.2) is 5.82 Å². The Bertz CT molecular complexity index is 1530. The molecular weight excluding hydrogens is 480 g/mol. The third kappa shape index (κ3) is 5.96. The van der Waals surface area contributed by atoms with E-state index in [-0.39, 0.29) is 19.0 Å². The minimum Gasteiger partial charge on any atom is -0.361 e. The number of H-pyrrole nitrogens is 1. The first-order chi connectivity index (χ1) is 18.6. The van der Waals surface area contributed by atoms with Gasteiger partial charge < -0.3 is 25.9 Å². The van der Waals surface area contributed by atoms with E-state index in [0.29, 0.717) is 24.6 Å². The lowest BCUT2D eigenvalue weighted by atomic mass is 10.0. The number of carbonyl (C=O) groups excluding carboxylic acids is 2. The second kappa shape index (κ2) is 11.5. The summed E-state index contributed by atoms with van der Waals surface area (Å²) in [5, 5.41) is 10.6. The van der Waals surface area contributed by atoms with Crippen LogP contribution in [0.3, 0.4) is 0 Å². The minimum atomic E-state index is -0.585. The van der Waals surface area contributed by atoms with E-state index in [4.69, 9.17) is 10.3 Å². The van der Waals surface area contributed by atoms with Crippen LogP contribution in [0.1, 0.15) is 28.9 Å². The Labute approximate surface area is 219 Å². The van der Waals surface area contributed by atoms with Crippen LogP contribution in [0.15, 0.2) is 89.6 Å². The lowest BCUT2D eigenvalue weighted by molar-refractivity contribution is -0.125. The molecule has 9 nitrogen and oxygen atoms in total. The van der Waals surface area contributed by atoms with Gasteiger partial charge in [-0.05, 0) is 28.3 Å². The average molecular weight is 509 g/mol. The number of rotatable bonds is 10. The maximum Gasteiger partial charge on any atom is 0.249 e. The van der Waals surface area contributed by atoms with Crippen LogP contribution in [0.2, 0.25) is 0 Å². The van der Waals surface area contributed by atoms with E-state index < -0.39 is 11.9 Å². The second-order valence-corrected chi connectivity index (χ2v) is 8.95. The van der Waals surface area contributed by atoms with Gasteiger partial charge in [0, 0.05) is 29.9 Å². The molecule has 0 spiro atoms. The van der Waals surface area contributed by atoms with Gasteiger partial charge in [0.05, 0.1) is 13.1 Å². The van der Waals surface area contributed by atoms with E-state index in [9.17, 15) is 9.59 Å². The van der Waals surface area contributed by atoms with Gasteiger partial charge >= 0.3 is 0 Å². The van der Waals surface area contributed by atoms with Crippen LogP contribution in [-0.2, 0) is 22.4 Å². The average Bonchev–Trinajstić information content (AvgIpc) is 3.59. The molecule has 38 heavy (non-hydrogen) atoms. The molecule has 2 aromatic heterocycles. The van der Waals surface area contributed by atoms with Crippen molar-refractivity contribution in [1.29, 1.82) is 0 Å². The van der Waals surface area contributed by atoms with E-state index in [1.54, 1.807) is 0 Å². The van der Waals surface area contributed by atoms with Crippen LogP contribution in [0, 0.1) is 0 Å².